The molecule has 132 valence electrons. The van der Waals surface area contributed by atoms with E-state index in [1.54, 1.807) is 0 Å². The third kappa shape index (κ3) is 4.04. The van der Waals surface area contributed by atoms with Crippen molar-refractivity contribution in [1.29, 1.82) is 0 Å². The highest BCUT2D eigenvalue weighted by atomic mass is 32.1. The molecule has 3 rings (SSSR count). The third-order valence-corrected chi connectivity index (χ3v) is 4.26. The Hall–Kier alpha value is -3.26. The molecule has 1 heterocycles. The van der Waals surface area contributed by atoms with Crippen molar-refractivity contribution in [2.45, 2.75) is 6.92 Å². The molecule has 0 aliphatic heterocycles. The zero-order valence-electron chi connectivity index (χ0n) is 13.8. The van der Waals surface area contributed by atoms with Gasteiger partial charge in [0.25, 0.3) is 11.6 Å². The molecule has 0 saturated carbocycles. The summed E-state index contributed by atoms with van der Waals surface area (Å²) < 4.78 is 5.41. The zero-order valence-corrected chi connectivity index (χ0v) is 14.7. The standard InChI is InChI=1S/C18H15N3O4S/c1-2-25-15-8-6-12(7-9-15)16-11-26-18(19-16)20-17(22)13-4-3-5-14(10-13)21(23)24/h3-11H,2H2,1H3,(H,19,20,22). The summed E-state index contributed by atoms with van der Waals surface area (Å²) in [7, 11) is 0. The molecular weight excluding hydrogens is 354 g/mol. The van der Waals surface area contributed by atoms with Crippen LogP contribution >= 0.6 is 11.3 Å². The molecule has 0 aliphatic rings. The van der Waals surface area contributed by atoms with Crippen LogP contribution in [0.3, 0.4) is 0 Å². The van der Waals surface area contributed by atoms with Gasteiger partial charge in [-0.3, -0.25) is 20.2 Å². The molecule has 0 aliphatic carbocycles. The number of nitro groups is 1. The number of ether oxygens (including phenoxy) is 1. The van der Waals surface area contributed by atoms with Gasteiger partial charge in [0.15, 0.2) is 5.13 Å². The van der Waals surface area contributed by atoms with Gasteiger partial charge in [-0.25, -0.2) is 4.98 Å². The first-order valence-electron chi connectivity index (χ1n) is 7.81. The SMILES string of the molecule is CCOc1ccc(-c2csc(NC(=O)c3cccc([N+](=O)[O-])c3)n2)cc1. The largest absolute Gasteiger partial charge is 0.494 e. The molecule has 0 spiro atoms. The van der Waals surface area contributed by atoms with Crippen LogP contribution in [0.25, 0.3) is 11.3 Å². The lowest BCUT2D eigenvalue weighted by Gasteiger charge is -2.03. The van der Waals surface area contributed by atoms with E-state index in [9.17, 15) is 14.9 Å². The third-order valence-electron chi connectivity index (χ3n) is 3.50. The lowest BCUT2D eigenvalue weighted by atomic mass is 10.2. The van der Waals surface area contributed by atoms with Crippen molar-refractivity contribution >= 4 is 28.1 Å². The Balaban J connectivity index is 1.72. The molecule has 0 atom stereocenters. The summed E-state index contributed by atoms with van der Waals surface area (Å²) in [5.74, 6) is 0.340. The summed E-state index contributed by atoms with van der Waals surface area (Å²) in [5, 5.41) is 15.7. The number of nitrogens with one attached hydrogen (secondary N) is 1. The number of carbonyl (C=O) groups is 1. The van der Waals surface area contributed by atoms with E-state index >= 15 is 0 Å². The van der Waals surface area contributed by atoms with E-state index in [-0.39, 0.29) is 11.3 Å². The van der Waals surface area contributed by atoms with Crippen LogP contribution in [0.5, 0.6) is 5.75 Å². The van der Waals surface area contributed by atoms with E-state index in [1.807, 2.05) is 36.6 Å². The molecule has 0 bridgehead atoms. The second kappa shape index (κ2) is 7.75. The fraction of sp³-hybridized carbons (Fsp3) is 0.111. The predicted molar refractivity (Wildman–Crippen MR) is 99.8 cm³/mol. The summed E-state index contributed by atoms with van der Waals surface area (Å²) in [4.78, 5) is 26.9. The average Bonchev–Trinajstić information content (AvgIpc) is 3.11. The molecule has 26 heavy (non-hydrogen) atoms. The Morgan fingerprint density at radius 1 is 1.27 bits per heavy atom. The number of benzene rings is 2. The van der Waals surface area contributed by atoms with Gasteiger partial charge in [-0.15, -0.1) is 11.3 Å². The second-order valence-electron chi connectivity index (χ2n) is 5.26. The first-order chi connectivity index (χ1) is 12.6. The van der Waals surface area contributed by atoms with Crippen molar-refractivity contribution in [2.75, 3.05) is 11.9 Å². The molecule has 1 N–H and O–H groups in total. The lowest BCUT2D eigenvalue weighted by molar-refractivity contribution is -0.384. The highest BCUT2D eigenvalue weighted by Gasteiger charge is 2.13. The fourth-order valence-corrected chi connectivity index (χ4v) is 3.00. The second-order valence-corrected chi connectivity index (χ2v) is 6.11. The molecule has 3 aromatic rings. The molecule has 8 heteroatoms. The van der Waals surface area contributed by atoms with Crippen LogP contribution in [0.15, 0.2) is 53.9 Å². The Labute approximate surface area is 153 Å². The predicted octanol–water partition coefficient (Wildman–Crippen LogP) is 4.37. The molecule has 7 nitrogen and oxygen atoms in total. The van der Waals surface area contributed by atoms with Crippen molar-refractivity contribution < 1.29 is 14.5 Å². The minimum Gasteiger partial charge on any atom is -0.494 e. The monoisotopic (exact) mass is 369 g/mol. The van der Waals surface area contributed by atoms with Crippen molar-refractivity contribution in [2.24, 2.45) is 0 Å². The molecule has 0 fully saturated rings. The highest BCUT2D eigenvalue weighted by molar-refractivity contribution is 7.14. The van der Waals surface area contributed by atoms with Crippen molar-refractivity contribution in [1.82, 2.24) is 4.98 Å². The van der Waals surface area contributed by atoms with Gasteiger partial charge < -0.3 is 4.74 Å². The first kappa shape index (κ1) is 17.6. The zero-order chi connectivity index (χ0) is 18.5. The van der Waals surface area contributed by atoms with E-state index in [2.05, 4.69) is 10.3 Å². The summed E-state index contributed by atoms with van der Waals surface area (Å²) in [6.45, 7) is 2.52. The normalized spacial score (nSPS) is 10.3. The van der Waals surface area contributed by atoms with Crippen LogP contribution in [0.2, 0.25) is 0 Å². The smallest absolute Gasteiger partial charge is 0.270 e. The highest BCUT2D eigenvalue weighted by Crippen LogP contribution is 2.27. The Morgan fingerprint density at radius 2 is 2.04 bits per heavy atom. The molecule has 0 radical (unpaired) electrons. The summed E-state index contributed by atoms with van der Waals surface area (Å²) >= 11 is 1.28. The van der Waals surface area contributed by atoms with Crippen LogP contribution in [0.1, 0.15) is 17.3 Å². The van der Waals surface area contributed by atoms with Crippen LogP contribution in [-0.2, 0) is 0 Å². The van der Waals surface area contributed by atoms with Crippen LogP contribution in [-0.4, -0.2) is 22.4 Å². The maximum absolute atomic E-state index is 12.3. The molecular formula is C18H15N3O4S. The number of nitrogens with zero attached hydrogens (tertiary/aromatic N) is 2. The van der Waals surface area contributed by atoms with Gasteiger partial charge in [0.05, 0.1) is 17.2 Å². The maximum atomic E-state index is 12.3. The van der Waals surface area contributed by atoms with E-state index in [4.69, 9.17) is 4.74 Å². The van der Waals surface area contributed by atoms with Gasteiger partial charge in [0.1, 0.15) is 5.75 Å². The molecule has 1 aromatic heterocycles. The number of non-ortho nitro benzene ring substituents is 1. The van der Waals surface area contributed by atoms with Crippen LogP contribution < -0.4 is 10.1 Å². The number of nitro benzene ring substituents is 1. The van der Waals surface area contributed by atoms with Gasteiger partial charge in [-0.05, 0) is 37.3 Å². The van der Waals surface area contributed by atoms with E-state index < -0.39 is 10.8 Å². The number of hydrogen-bond donors (Lipinski definition) is 1. The minimum absolute atomic E-state index is 0.133. The van der Waals surface area contributed by atoms with E-state index in [0.29, 0.717) is 11.7 Å². The van der Waals surface area contributed by atoms with Crippen LogP contribution in [0.4, 0.5) is 10.8 Å². The average molecular weight is 369 g/mol. The van der Waals surface area contributed by atoms with Gasteiger partial charge in [0, 0.05) is 28.6 Å². The quantitative estimate of drug-likeness (QED) is 0.514. The summed E-state index contributed by atoms with van der Waals surface area (Å²) in [5.41, 5.74) is 1.71. The number of thiazole rings is 1. The summed E-state index contributed by atoms with van der Waals surface area (Å²) in [6.07, 6.45) is 0. The van der Waals surface area contributed by atoms with Crippen molar-refractivity contribution in [3.8, 4) is 17.0 Å². The topological polar surface area (TPSA) is 94.4 Å². The number of carbonyl (C=O) groups excluding carboxylic acids is 1. The number of anilines is 1. The minimum atomic E-state index is -0.538. The van der Waals surface area contributed by atoms with Crippen molar-refractivity contribution in [3.63, 3.8) is 0 Å². The van der Waals surface area contributed by atoms with Crippen LogP contribution in [0, 0.1) is 10.1 Å². The number of amides is 1. The molecule has 0 unspecified atom stereocenters. The Bertz CT molecular complexity index is 938. The lowest BCUT2D eigenvalue weighted by Crippen LogP contribution is -2.11. The number of rotatable bonds is 6. The number of hydrogen-bond acceptors (Lipinski definition) is 6. The van der Waals surface area contributed by atoms with Gasteiger partial charge in [0.2, 0.25) is 0 Å². The van der Waals surface area contributed by atoms with E-state index in [1.165, 1.54) is 35.6 Å². The fourth-order valence-electron chi connectivity index (χ4n) is 2.28. The summed E-state index contributed by atoms with van der Waals surface area (Å²) in [6, 6.07) is 13.1. The van der Waals surface area contributed by atoms with Crippen molar-refractivity contribution in [3.05, 3.63) is 69.6 Å². The van der Waals surface area contributed by atoms with Gasteiger partial charge >= 0.3 is 0 Å². The Morgan fingerprint density at radius 3 is 2.73 bits per heavy atom. The molecule has 1 amide bonds. The van der Waals surface area contributed by atoms with E-state index in [0.717, 1.165) is 17.0 Å². The first-order valence-corrected chi connectivity index (χ1v) is 8.69. The maximum Gasteiger partial charge on any atom is 0.270 e. The number of aromatic nitrogens is 1. The van der Waals surface area contributed by atoms with Gasteiger partial charge in [-0.2, -0.15) is 0 Å². The van der Waals surface area contributed by atoms with Gasteiger partial charge in [-0.1, -0.05) is 6.07 Å². The molecule has 0 saturated heterocycles. The Kier molecular flexibility index (Phi) is 5.23. The molecule has 2 aromatic carbocycles.